The Balaban J connectivity index is 3.53. The topological polar surface area (TPSA) is 0 Å². The third-order valence-electron chi connectivity index (χ3n) is 0.300. The van der Waals surface area contributed by atoms with Crippen LogP contribution in [-0.4, -0.2) is 0 Å². The summed E-state index contributed by atoms with van der Waals surface area (Å²) >= 11 is 0. The summed E-state index contributed by atoms with van der Waals surface area (Å²) in [6.07, 6.45) is 1.47. The lowest BCUT2D eigenvalue weighted by Crippen LogP contribution is -1.37. The van der Waals surface area contributed by atoms with Crippen molar-refractivity contribution in [3.8, 4) is 11.8 Å². The van der Waals surface area contributed by atoms with E-state index in [4.69, 9.17) is 6.58 Å². The fourth-order valence-electron chi connectivity index (χ4n) is 0.114. The number of rotatable bonds is 0. The molecule has 0 atom stereocenters. The lowest BCUT2D eigenvalue weighted by molar-refractivity contribution is 1.91. The summed E-state index contributed by atoms with van der Waals surface area (Å²) in [6.45, 7) is 6.55. The molecule has 0 aromatic heterocycles. The van der Waals surface area contributed by atoms with Crippen LogP contribution in [0.2, 0.25) is 0 Å². The van der Waals surface area contributed by atoms with E-state index in [-0.39, 0.29) is 0 Å². The first-order valence-corrected chi connectivity index (χ1v) is 1.62. The minimum absolute atomic E-state index is 1.47. The summed E-state index contributed by atoms with van der Waals surface area (Å²) in [5.74, 6) is 5.21. The van der Waals surface area contributed by atoms with Gasteiger partial charge >= 0.3 is 0 Å². The highest BCUT2D eigenvalue weighted by atomic mass is 13.5. The van der Waals surface area contributed by atoms with Crippen molar-refractivity contribution in [3.05, 3.63) is 18.4 Å². The molecule has 0 unspecified atom stereocenters. The number of hydrogen-bond donors (Lipinski definition) is 0. The lowest BCUT2D eigenvalue weighted by atomic mass is 10.6. The van der Waals surface area contributed by atoms with Crippen LogP contribution in [0.25, 0.3) is 0 Å². The quantitative estimate of drug-likeness (QED) is 0.231. The van der Waals surface area contributed by atoms with E-state index in [2.05, 4.69) is 17.6 Å². The van der Waals surface area contributed by atoms with Gasteiger partial charge < -0.3 is 0 Å². The fraction of sp³-hybridized carbons (Fsp3) is 0.167. The molecule has 0 saturated heterocycles. The van der Waals surface area contributed by atoms with Crippen LogP contribution in [0.4, 0.5) is 0 Å². The van der Waals surface area contributed by atoms with Gasteiger partial charge in [0, 0.05) is 5.92 Å². The van der Waals surface area contributed by atoms with E-state index in [0.29, 0.717) is 0 Å². The summed E-state index contributed by atoms with van der Waals surface area (Å²) in [4.78, 5) is 0. The number of allylic oxidation sites excluding steroid dienone is 1. The Hall–Kier alpha value is -1.01. The second-order valence-electron chi connectivity index (χ2n) is 0.705. The first-order chi connectivity index (χ1) is 2.91. The molecule has 0 saturated carbocycles. The van der Waals surface area contributed by atoms with Crippen LogP contribution in [0.15, 0.2) is 11.8 Å². The first-order valence-electron chi connectivity index (χ1n) is 1.62. The predicted octanol–water partition coefficient (Wildman–Crippen LogP) is 1.15. The molecule has 0 aliphatic heterocycles. The van der Waals surface area contributed by atoms with Crippen LogP contribution < -0.4 is 0 Å². The van der Waals surface area contributed by atoms with Gasteiger partial charge in [-0.05, 0) is 6.92 Å². The Morgan fingerprint density at radius 1 is 1.67 bits per heavy atom. The van der Waals surface area contributed by atoms with Gasteiger partial charge in [-0.1, -0.05) is 5.92 Å². The first kappa shape index (κ1) is 4.99. The van der Waals surface area contributed by atoms with Gasteiger partial charge in [0.05, 0.1) is 0 Å². The molecule has 0 aromatic rings. The van der Waals surface area contributed by atoms with E-state index >= 15 is 0 Å². The average Bonchev–Trinajstić information content (AvgIpc) is 1.61. The summed E-state index contributed by atoms with van der Waals surface area (Å²) in [5.41, 5.74) is 2.27. The Morgan fingerprint density at radius 2 is 2.33 bits per heavy atom. The molecule has 28 valence electrons. The SMILES string of the molecule is [CH+]=C=CC#CC. The van der Waals surface area contributed by atoms with Crippen LogP contribution in [0.3, 0.4) is 0 Å². The van der Waals surface area contributed by atoms with Crippen molar-refractivity contribution in [1.29, 1.82) is 0 Å². The third kappa shape index (κ3) is 2.99. The van der Waals surface area contributed by atoms with Crippen molar-refractivity contribution < 1.29 is 0 Å². The van der Waals surface area contributed by atoms with Crippen molar-refractivity contribution in [3.63, 3.8) is 0 Å². The van der Waals surface area contributed by atoms with Gasteiger partial charge in [0.2, 0.25) is 0 Å². The van der Waals surface area contributed by atoms with Gasteiger partial charge in [0.25, 0.3) is 0 Å². The molecule has 0 heteroatoms. The molecule has 0 rings (SSSR count). The lowest BCUT2D eigenvalue weighted by Gasteiger charge is -1.39. The zero-order valence-electron chi connectivity index (χ0n) is 3.65. The van der Waals surface area contributed by atoms with Crippen LogP contribution >= 0.6 is 0 Å². The zero-order valence-corrected chi connectivity index (χ0v) is 3.65. The maximum Gasteiger partial charge on any atom is 0.173 e. The van der Waals surface area contributed by atoms with E-state index < -0.39 is 0 Å². The number of hydrogen-bond acceptors (Lipinski definition) is 0. The summed E-state index contributed by atoms with van der Waals surface area (Å²) in [6, 6.07) is 0. The van der Waals surface area contributed by atoms with Crippen molar-refractivity contribution >= 4 is 0 Å². The molecule has 0 heterocycles. The van der Waals surface area contributed by atoms with Gasteiger partial charge in [0.1, 0.15) is 6.58 Å². The Morgan fingerprint density at radius 3 is 2.50 bits per heavy atom. The van der Waals surface area contributed by atoms with Crippen LogP contribution in [0.1, 0.15) is 6.92 Å². The maximum absolute atomic E-state index is 4.81. The molecule has 0 aliphatic rings. The van der Waals surface area contributed by atoms with Crippen LogP contribution in [0, 0.1) is 18.4 Å². The normalized spacial score (nSPS) is 4.00. The monoisotopic (exact) mass is 77.0 g/mol. The Labute approximate surface area is 38.2 Å². The average molecular weight is 77.1 g/mol. The van der Waals surface area contributed by atoms with Gasteiger partial charge in [-0.15, -0.1) is 0 Å². The Bertz CT molecular complexity index is 115. The standard InChI is InChI=1S/C6H5/c1-3-5-6-4-2/h1,5H,2H3/q+1. The molecule has 0 N–H and O–H groups in total. The minimum Gasteiger partial charge on any atom is -0.0786 e. The smallest absolute Gasteiger partial charge is 0.0786 e. The minimum atomic E-state index is 1.47. The van der Waals surface area contributed by atoms with E-state index in [1.54, 1.807) is 6.92 Å². The van der Waals surface area contributed by atoms with Crippen LogP contribution in [0.5, 0.6) is 0 Å². The molecule has 0 fully saturated rings. The molecule has 0 bridgehead atoms. The molecule has 0 spiro atoms. The molecule has 0 amide bonds. The van der Waals surface area contributed by atoms with E-state index in [1.165, 1.54) is 6.08 Å². The molecule has 0 aromatic carbocycles. The zero-order chi connectivity index (χ0) is 4.83. The largest absolute Gasteiger partial charge is 0.173 e. The van der Waals surface area contributed by atoms with E-state index in [0.717, 1.165) is 0 Å². The molecule has 0 nitrogen and oxygen atoms in total. The van der Waals surface area contributed by atoms with E-state index in [1.807, 2.05) is 0 Å². The van der Waals surface area contributed by atoms with Gasteiger partial charge in [-0.2, -0.15) is 0 Å². The highest BCUT2D eigenvalue weighted by Crippen LogP contribution is 1.54. The highest BCUT2D eigenvalue weighted by Gasteiger charge is 1.53. The van der Waals surface area contributed by atoms with Gasteiger partial charge in [-0.3, -0.25) is 0 Å². The summed E-state index contributed by atoms with van der Waals surface area (Å²) in [5, 5.41) is 0. The summed E-state index contributed by atoms with van der Waals surface area (Å²) < 4.78 is 0. The van der Waals surface area contributed by atoms with Crippen LogP contribution in [-0.2, 0) is 0 Å². The molecule has 0 aliphatic carbocycles. The van der Waals surface area contributed by atoms with Crippen molar-refractivity contribution in [2.24, 2.45) is 0 Å². The van der Waals surface area contributed by atoms with Gasteiger partial charge in [-0.25, -0.2) is 0 Å². The molecular formula is C6H5+. The molecule has 0 radical (unpaired) electrons. The van der Waals surface area contributed by atoms with Crippen molar-refractivity contribution in [1.82, 2.24) is 0 Å². The molecular weight excluding hydrogens is 72.1 g/mol. The fourth-order valence-corrected chi connectivity index (χ4v) is 0.114. The maximum atomic E-state index is 4.81. The predicted molar refractivity (Wildman–Crippen MR) is 25.8 cm³/mol. The third-order valence-corrected chi connectivity index (χ3v) is 0.300. The Kier molecular flexibility index (Phi) is 3.32. The summed E-state index contributed by atoms with van der Waals surface area (Å²) in [7, 11) is 0. The highest BCUT2D eigenvalue weighted by molar-refractivity contribution is 5.11. The second kappa shape index (κ2) is 3.99. The second-order valence-corrected chi connectivity index (χ2v) is 0.705. The molecule has 6 heavy (non-hydrogen) atoms. The van der Waals surface area contributed by atoms with Gasteiger partial charge in [0.15, 0.2) is 11.8 Å². The van der Waals surface area contributed by atoms with E-state index in [9.17, 15) is 0 Å². The van der Waals surface area contributed by atoms with Crippen molar-refractivity contribution in [2.75, 3.05) is 0 Å². The van der Waals surface area contributed by atoms with Crippen molar-refractivity contribution in [2.45, 2.75) is 6.92 Å².